The van der Waals surface area contributed by atoms with E-state index in [4.69, 9.17) is 10.8 Å². The molecule has 25 heteroatoms. The minimum atomic E-state index is -3.70. The normalized spacial score (nSPS) is 18.0. The van der Waals surface area contributed by atoms with Gasteiger partial charge in [0.15, 0.2) is 9.84 Å². The summed E-state index contributed by atoms with van der Waals surface area (Å²) in [4.78, 5) is 135. The van der Waals surface area contributed by atoms with Crippen LogP contribution in [0.5, 0.6) is 0 Å². The highest BCUT2D eigenvalue weighted by molar-refractivity contribution is 8.00. The second-order valence-corrected chi connectivity index (χ2v) is 23.4. The Kier molecular flexibility index (Phi) is 17.0. The number of aromatic nitrogens is 2. The monoisotopic (exact) mass is 1100 g/mol. The van der Waals surface area contributed by atoms with Crippen LogP contribution in [0.4, 0.5) is 5.69 Å². The summed E-state index contributed by atoms with van der Waals surface area (Å²) in [6.45, 7) is 0.831. The zero-order valence-corrected chi connectivity index (χ0v) is 44.5. The molecule has 3 fully saturated rings. The van der Waals surface area contributed by atoms with Gasteiger partial charge in [0.1, 0.15) is 23.3 Å². The SMILES string of the molecule is CN1C(=O)CCC(N2Cc3c(CCCCNC(=O)c4cc(NCC5CC5)c(-c5cn(C)c(=O)c6[nH]c(C(=O)NCCNC(=O)CCN7C(=O)CC(SC[C@H](N)C(=O)O)C7=O)cc56)cc4CS(C)(=O)=O)cccc3C2=O)C1=O. The number of pyridine rings is 1. The number of fused-ring (bicyclic) bond motifs is 2. The number of piperidine rings is 1. The average Bonchev–Trinajstić information content (AvgIpc) is 3.95. The topological polar surface area (TPSA) is 330 Å². The quantitative estimate of drug-likeness (QED) is 0.0384. The van der Waals surface area contributed by atoms with Crippen molar-refractivity contribution in [3.63, 3.8) is 0 Å². The van der Waals surface area contributed by atoms with E-state index in [2.05, 4.69) is 26.3 Å². The smallest absolute Gasteiger partial charge is 0.321 e. The maximum Gasteiger partial charge on any atom is 0.321 e. The zero-order chi connectivity index (χ0) is 55.5. The van der Waals surface area contributed by atoms with Gasteiger partial charge in [-0.3, -0.25) is 57.7 Å². The summed E-state index contributed by atoms with van der Waals surface area (Å²) in [7, 11) is -0.733. The third-order valence-corrected chi connectivity index (χ3v) is 16.4. The van der Waals surface area contributed by atoms with E-state index in [0.717, 1.165) is 51.8 Å². The number of carboxylic acid groups (broad SMARTS) is 1. The molecule has 8 amide bonds. The number of likely N-dealkylation sites (tertiary alicyclic amines) is 2. The van der Waals surface area contributed by atoms with E-state index < -0.39 is 79.9 Å². The number of hydrogen-bond donors (Lipinski definition) is 7. The number of benzene rings is 2. The number of carboxylic acids is 1. The first-order valence-corrected chi connectivity index (χ1v) is 28.5. The number of nitrogens with zero attached hydrogens (tertiary/aromatic N) is 4. The molecule has 2 aromatic carbocycles. The second-order valence-electron chi connectivity index (χ2n) is 20.0. The molecule has 4 aromatic rings. The lowest BCUT2D eigenvalue weighted by Gasteiger charge is -2.33. The highest BCUT2D eigenvalue weighted by Gasteiger charge is 2.42. The third-order valence-electron chi connectivity index (χ3n) is 14.2. The fourth-order valence-corrected chi connectivity index (χ4v) is 11.7. The van der Waals surface area contributed by atoms with E-state index in [1.807, 2.05) is 6.07 Å². The van der Waals surface area contributed by atoms with Crippen molar-refractivity contribution < 1.29 is 56.7 Å². The number of sulfone groups is 1. The van der Waals surface area contributed by atoms with Crippen LogP contribution in [-0.2, 0) is 64.4 Å². The highest BCUT2D eigenvalue weighted by Crippen LogP contribution is 2.38. The molecule has 5 heterocycles. The molecule has 2 aromatic heterocycles. The fourth-order valence-electron chi connectivity index (χ4n) is 9.79. The Bertz CT molecular complexity index is 3260. The molecule has 1 saturated carbocycles. The first kappa shape index (κ1) is 55.8. The van der Waals surface area contributed by atoms with Crippen molar-refractivity contribution in [1.82, 2.24) is 40.2 Å². The number of nitrogens with one attached hydrogen (secondary N) is 5. The number of rotatable bonds is 24. The molecule has 0 bridgehead atoms. The number of aryl methyl sites for hydroxylation is 2. The number of likely N-dealkylation sites (N-methyl/N-ethyl adjacent to an activating group) is 1. The third kappa shape index (κ3) is 12.9. The molecule has 8 N–H and O–H groups in total. The number of imide groups is 2. The van der Waals surface area contributed by atoms with Gasteiger partial charge >= 0.3 is 5.97 Å². The van der Waals surface area contributed by atoms with Crippen molar-refractivity contribution in [3.8, 4) is 11.1 Å². The predicted molar refractivity (Wildman–Crippen MR) is 284 cm³/mol. The van der Waals surface area contributed by atoms with Gasteiger partial charge in [-0.25, -0.2) is 8.42 Å². The number of carbonyl (C=O) groups is 9. The lowest BCUT2D eigenvalue weighted by molar-refractivity contribution is -0.150. The van der Waals surface area contributed by atoms with E-state index in [9.17, 15) is 56.4 Å². The van der Waals surface area contributed by atoms with Gasteiger partial charge < -0.3 is 46.6 Å². The van der Waals surface area contributed by atoms with Gasteiger partial charge in [0.25, 0.3) is 29.2 Å². The molecule has 3 atom stereocenters. The Morgan fingerprint density at radius 1 is 0.870 bits per heavy atom. The Morgan fingerprint density at radius 2 is 1.61 bits per heavy atom. The lowest BCUT2D eigenvalue weighted by atomic mass is 9.95. The minimum absolute atomic E-state index is 0.0164. The van der Waals surface area contributed by atoms with Crippen LogP contribution in [0.25, 0.3) is 22.0 Å². The van der Waals surface area contributed by atoms with Crippen molar-refractivity contribution in [3.05, 3.63) is 86.5 Å². The summed E-state index contributed by atoms with van der Waals surface area (Å²) in [5.41, 5.74) is 9.32. The Balaban J connectivity index is 0.919. The van der Waals surface area contributed by atoms with Crippen LogP contribution in [0.3, 0.4) is 0 Å². The maximum atomic E-state index is 14.1. The molecule has 0 spiro atoms. The van der Waals surface area contributed by atoms with Crippen LogP contribution in [0.1, 0.15) is 99.3 Å². The van der Waals surface area contributed by atoms with Crippen molar-refractivity contribution in [1.29, 1.82) is 0 Å². The lowest BCUT2D eigenvalue weighted by Crippen LogP contribution is -2.53. The van der Waals surface area contributed by atoms with Gasteiger partial charge in [0, 0.05) is 124 Å². The number of H-pyrrole nitrogens is 1. The number of unbranched alkanes of at least 4 members (excludes halogenated alkanes) is 1. The van der Waals surface area contributed by atoms with Crippen LogP contribution in [-0.4, -0.2) is 160 Å². The van der Waals surface area contributed by atoms with E-state index in [1.54, 1.807) is 35.4 Å². The van der Waals surface area contributed by atoms with Crippen LogP contribution in [0.2, 0.25) is 0 Å². The molecule has 3 aliphatic heterocycles. The molecular weight excluding hydrogens is 1040 g/mol. The number of carbonyl (C=O) groups excluding carboxylic acids is 8. The predicted octanol–water partition coefficient (Wildman–Crippen LogP) is 1.26. The van der Waals surface area contributed by atoms with Crippen LogP contribution >= 0.6 is 11.8 Å². The number of nitrogens with two attached hydrogens (primary N) is 1. The van der Waals surface area contributed by atoms with Crippen LogP contribution < -0.4 is 32.6 Å². The number of aliphatic carboxylic acids is 1. The largest absolute Gasteiger partial charge is 0.480 e. The number of anilines is 1. The molecule has 77 heavy (non-hydrogen) atoms. The van der Waals surface area contributed by atoms with Gasteiger partial charge in [-0.1, -0.05) is 12.1 Å². The molecule has 8 rings (SSSR count). The summed E-state index contributed by atoms with van der Waals surface area (Å²) in [6, 6.07) is 8.32. The van der Waals surface area contributed by atoms with Crippen LogP contribution in [0, 0.1) is 5.92 Å². The molecular formula is C52H62N10O13S2. The minimum Gasteiger partial charge on any atom is -0.480 e. The van der Waals surface area contributed by atoms with E-state index in [1.165, 1.54) is 24.7 Å². The van der Waals surface area contributed by atoms with Crippen LogP contribution in [0.15, 0.2) is 47.4 Å². The molecule has 410 valence electrons. The highest BCUT2D eigenvalue weighted by atomic mass is 32.2. The molecule has 2 unspecified atom stereocenters. The van der Waals surface area contributed by atoms with Crippen molar-refractivity contribution in [2.75, 3.05) is 57.1 Å². The van der Waals surface area contributed by atoms with Gasteiger partial charge in [-0.2, -0.15) is 0 Å². The number of thioether (sulfide) groups is 1. The van der Waals surface area contributed by atoms with E-state index >= 15 is 0 Å². The maximum absolute atomic E-state index is 14.1. The average molecular weight is 1100 g/mol. The molecule has 2 saturated heterocycles. The van der Waals surface area contributed by atoms with Gasteiger partial charge in [-0.15, -0.1) is 11.8 Å². The van der Waals surface area contributed by atoms with Gasteiger partial charge in [0.2, 0.25) is 23.6 Å². The zero-order valence-electron chi connectivity index (χ0n) is 42.9. The fraction of sp³-hybridized carbons (Fsp3) is 0.462. The number of amides is 8. The van der Waals surface area contributed by atoms with E-state index in [0.29, 0.717) is 59.5 Å². The number of aromatic amines is 1. The van der Waals surface area contributed by atoms with E-state index in [-0.39, 0.29) is 98.3 Å². The second kappa shape index (κ2) is 23.5. The molecule has 1 aliphatic carbocycles. The standard InChI is InChI=1S/C52H62N10O13S2/c1-59-24-36(34-21-39(58-45(34)51(59)71)47(67)56-17-16-54-42(63)14-18-61-44(65)22-41(50(61)70)76-26-37(53)52(72)73)33-19-30(27-77(3,74)75)32(20-38(33)57-23-28-10-11-28)46(66)55-15-5-4-7-29-8-6-9-31-35(29)25-62(48(31)68)40-12-13-43(64)60(2)49(40)69/h6,8-9,19-21,24,28,37,40-41,57-58H,4-5,7,10-18,22-23,25-27,53H2,1-3H3,(H,54,63)(H,55,66)(H,56,67)(H,72,73)/t37-,40?,41?/m0/s1. The summed E-state index contributed by atoms with van der Waals surface area (Å²) >= 11 is 0.974. The molecule has 0 radical (unpaired) electrons. The van der Waals surface area contributed by atoms with Gasteiger partial charge in [-0.05, 0) is 85.4 Å². The summed E-state index contributed by atoms with van der Waals surface area (Å²) in [6.07, 6.45) is 6.53. The summed E-state index contributed by atoms with van der Waals surface area (Å²) in [5.74, 6) is -4.90. The Labute approximate surface area is 447 Å². The molecule has 4 aliphatic rings. The summed E-state index contributed by atoms with van der Waals surface area (Å²) < 4.78 is 27.3. The number of hydrogen-bond acceptors (Lipinski definition) is 15. The summed E-state index contributed by atoms with van der Waals surface area (Å²) in [5, 5.41) is 20.3. The van der Waals surface area contributed by atoms with Crippen molar-refractivity contribution >= 4 is 91.4 Å². The molecule has 23 nitrogen and oxygen atoms in total. The Morgan fingerprint density at radius 3 is 2.34 bits per heavy atom. The Hall–Kier alpha value is -7.38. The van der Waals surface area contributed by atoms with Crippen molar-refractivity contribution in [2.24, 2.45) is 18.7 Å². The van der Waals surface area contributed by atoms with Gasteiger partial charge in [0.05, 0.1) is 11.0 Å². The first-order valence-electron chi connectivity index (χ1n) is 25.4. The van der Waals surface area contributed by atoms with Crippen molar-refractivity contribution in [2.45, 2.75) is 87.4 Å². The first-order chi connectivity index (χ1) is 36.6.